The van der Waals surface area contributed by atoms with Crippen molar-refractivity contribution in [3.8, 4) is 0 Å². The third-order valence-electron chi connectivity index (χ3n) is 2.49. The molecule has 0 fully saturated rings. The van der Waals surface area contributed by atoms with Crippen LogP contribution in [0.2, 0.25) is 0 Å². The molecule has 0 saturated heterocycles. The number of ether oxygens (including phenoxy) is 1. The van der Waals surface area contributed by atoms with E-state index in [4.69, 9.17) is 4.74 Å². The Balaban J connectivity index is 2.32. The highest BCUT2D eigenvalue weighted by Crippen LogP contribution is 1.88. The molecule has 0 atom stereocenters. The van der Waals surface area contributed by atoms with Crippen molar-refractivity contribution in [3.05, 3.63) is 34.7 Å². The number of amides is 3. The number of urea groups is 1. The highest BCUT2D eigenvalue weighted by molar-refractivity contribution is 5.95. The third kappa shape index (κ3) is 6.69. The fourth-order valence-corrected chi connectivity index (χ4v) is 1.43. The molecule has 0 aromatic carbocycles. The van der Waals surface area contributed by atoms with Gasteiger partial charge in [0.2, 0.25) is 0 Å². The topological polar surface area (TPSA) is 106 Å². The van der Waals surface area contributed by atoms with Gasteiger partial charge in [-0.15, -0.1) is 0 Å². The first kappa shape index (κ1) is 17.4. The van der Waals surface area contributed by atoms with E-state index in [0.717, 1.165) is 4.57 Å². The maximum absolute atomic E-state index is 11.5. The number of hydrogen-bond donors (Lipinski definition) is 2. The Kier molecular flexibility index (Phi) is 6.81. The Morgan fingerprint density at radius 3 is 2.64 bits per heavy atom. The van der Waals surface area contributed by atoms with Gasteiger partial charge in [0, 0.05) is 18.8 Å². The summed E-state index contributed by atoms with van der Waals surface area (Å²) >= 11 is 0. The van der Waals surface area contributed by atoms with Crippen molar-refractivity contribution in [1.82, 2.24) is 15.2 Å². The van der Waals surface area contributed by atoms with Gasteiger partial charge in [-0.2, -0.15) is 0 Å². The van der Waals surface area contributed by atoms with E-state index in [1.54, 1.807) is 12.1 Å². The molecule has 2 N–H and O–H groups in total. The lowest BCUT2D eigenvalue weighted by Crippen LogP contribution is -2.42. The van der Waals surface area contributed by atoms with Crippen LogP contribution >= 0.6 is 0 Å². The molecule has 0 unspecified atom stereocenters. The fraction of sp³-hybridized carbons (Fsp3) is 0.429. The van der Waals surface area contributed by atoms with Crippen molar-refractivity contribution >= 4 is 17.9 Å². The van der Waals surface area contributed by atoms with E-state index in [0.29, 0.717) is 6.54 Å². The van der Waals surface area contributed by atoms with Crippen molar-refractivity contribution in [2.45, 2.75) is 20.4 Å². The number of rotatable bonds is 6. The quantitative estimate of drug-likeness (QED) is 0.712. The summed E-state index contributed by atoms with van der Waals surface area (Å²) in [5.74, 6) is -1.23. The molecule has 0 radical (unpaired) electrons. The van der Waals surface area contributed by atoms with E-state index < -0.39 is 24.5 Å². The summed E-state index contributed by atoms with van der Waals surface area (Å²) < 4.78 is 5.85. The second-order valence-corrected chi connectivity index (χ2v) is 4.98. The number of aromatic nitrogens is 1. The predicted molar refractivity (Wildman–Crippen MR) is 78.0 cm³/mol. The summed E-state index contributed by atoms with van der Waals surface area (Å²) in [5, 5.41) is 4.52. The van der Waals surface area contributed by atoms with Gasteiger partial charge in [0.05, 0.1) is 0 Å². The maximum atomic E-state index is 11.5. The highest BCUT2D eigenvalue weighted by atomic mass is 16.5. The molecule has 0 bridgehead atoms. The molecular weight excluding hydrogens is 290 g/mol. The van der Waals surface area contributed by atoms with Crippen LogP contribution in [0.15, 0.2) is 29.2 Å². The van der Waals surface area contributed by atoms with Crippen LogP contribution in [0.5, 0.6) is 0 Å². The first-order valence-electron chi connectivity index (χ1n) is 6.77. The minimum atomic E-state index is -0.744. The van der Waals surface area contributed by atoms with E-state index in [9.17, 15) is 19.2 Å². The fourth-order valence-electron chi connectivity index (χ4n) is 1.43. The lowest BCUT2D eigenvalue weighted by Gasteiger charge is -2.09. The van der Waals surface area contributed by atoms with Gasteiger partial charge in [0.15, 0.2) is 6.61 Å². The van der Waals surface area contributed by atoms with E-state index >= 15 is 0 Å². The van der Waals surface area contributed by atoms with Gasteiger partial charge in [0.25, 0.3) is 11.5 Å². The molecule has 8 nitrogen and oxygen atoms in total. The van der Waals surface area contributed by atoms with Crippen LogP contribution in [0.25, 0.3) is 0 Å². The number of nitrogens with one attached hydrogen (secondary N) is 2. The molecule has 0 aliphatic heterocycles. The van der Waals surface area contributed by atoms with Gasteiger partial charge >= 0.3 is 12.0 Å². The smallest absolute Gasteiger partial charge is 0.326 e. The normalized spacial score (nSPS) is 10.1. The molecule has 8 heteroatoms. The molecule has 22 heavy (non-hydrogen) atoms. The zero-order valence-electron chi connectivity index (χ0n) is 12.5. The Bertz CT molecular complexity index is 594. The van der Waals surface area contributed by atoms with Crippen molar-refractivity contribution in [2.24, 2.45) is 5.92 Å². The summed E-state index contributed by atoms with van der Waals surface area (Å²) in [4.78, 5) is 45.6. The second-order valence-electron chi connectivity index (χ2n) is 4.98. The summed E-state index contributed by atoms with van der Waals surface area (Å²) in [6, 6.07) is 3.81. The average molecular weight is 309 g/mol. The maximum Gasteiger partial charge on any atom is 0.326 e. The molecule has 0 aliphatic carbocycles. The number of imide groups is 1. The van der Waals surface area contributed by atoms with E-state index in [1.807, 2.05) is 19.2 Å². The van der Waals surface area contributed by atoms with Gasteiger partial charge in [-0.3, -0.25) is 19.7 Å². The largest absolute Gasteiger partial charge is 0.454 e. The summed E-state index contributed by atoms with van der Waals surface area (Å²) in [6.07, 6.45) is 1.43. The van der Waals surface area contributed by atoms with Crippen molar-refractivity contribution in [1.29, 1.82) is 0 Å². The van der Waals surface area contributed by atoms with E-state index in [-0.39, 0.29) is 18.0 Å². The minimum absolute atomic E-state index is 0.253. The van der Waals surface area contributed by atoms with Crippen LogP contribution < -0.4 is 16.2 Å². The van der Waals surface area contributed by atoms with Crippen molar-refractivity contribution in [3.63, 3.8) is 0 Å². The minimum Gasteiger partial charge on any atom is -0.454 e. The Hall–Kier alpha value is -2.64. The SMILES string of the molecule is CC(C)CNC(=O)NC(=O)COC(=O)Cn1ccccc1=O. The number of pyridine rings is 1. The zero-order chi connectivity index (χ0) is 16.5. The average Bonchev–Trinajstić information content (AvgIpc) is 2.45. The molecule has 0 spiro atoms. The monoisotopic (exact) mass is 309 g/mol. The molecule has 1 aromatic heterocycles. The molecule has 3 amide bonds. The predicted octanol–water partition coefficient (Wildman–Crippen LogP) is -0.127. The Morgan fingerprint density at radius 2 is 2.00 bits per heavy atom. The number of esters is 1. The summed E-state index contributed by atoms with van der Waals surface area (Å²) in [7, 11) is 0. The summed E-state index contributed by atoms with van der Waals surface area (Å²) in [6.45, 7) is 3.36. The molecule has 0 saturated carbocycles. The lowest BCUT2D eigenvalue weighted by molar-refractivity contribution is -0.148. The lowest BCUT2D eigenvalue weighted by atomic mass is 10.2. The first-order chi connectivity index (χ1) is 10.4. The van der Waals surface area contributed by atoms with Crippen molar-refractivity contribution < 1.29 is 19.1 Å². The van der Waals surface area contributed by atoms with Crippen molar-refractivity contribution in [2.75, 3.05) is 13.2 Å². The van der Waals surface area contributed by atoms with Crippen LogP contribution in [-0.2, 0) is 20.9 Å². The Morgan fingerprint density at radius 1 is 1.27 bits per heavy atom. The Labute approximate surface area is 127 Å². The molecule has 1 aromatic rings. The highest BCUT2D eigenvalue weighted by Gasteiger charge is 2.11. The van der Waals surface area contributed by atoms with E-state index in [1.165, 1.54) is 12.3 Å². The summed E-state index contributed by atoms with van der Waals surface area (Å²) in [5.41, 5.74) is -0.350. The van der Waals surface area contributed by atoms with Gasteiger partial charge in [-0.1, -0.05) is 19.9 Å². The van der Waals surface area contributed by atoms with Crippen LogP contribution in [0.3, 0.4) is 0 Å². The zero-order valence-corrected chi connectivity index (χ0v) is 12.5. The second kappa shape index (κ2) is 8.60. The van der Waals surface area contributed by atoms with Crippen LogP contribution in [-0.4, -0.2) is 35.6 Å². The van der Waals surface area contributed by atoms with E-state index in [2.05, 4.69) is 5.32 Å². The van der Waals surface area contributed by atoms with Gasteiger partial charge in [-0.05, 0) is 12.0 Å². The number of nitrogens with zero attached hydrogens (tertiary/aromatic N) is 1. The van der Waals surface area contributed by atoms with Crippen LogP contribution in [0.1, 0.15) is 13.8 Å². The number of carbonyl (C=O) groups excluding carboxylic acids is 3. The number of carbonyl (C=O) groups is 3. The molecule has 1 heterocycles. The van der Waals surface area contributed by atoms with Crippen LogP contribution in [0.4, 0.5) is 4.79 Å². The van der Waals surface area contributed by atoms with Gasteiger partial charge < -0.3 is 14.6 Å². The van der Waals surface area contributed by atoms with Gasteiger partial charge in [-0.25, -0.2) is 4.79 Å². The molecular formula is C14H19N3O5. The van der Waals surface area contributed by atoms with Crippen LogP contribution in [0, 0.1) is 5.92 Å². The number of hydrogen-bond acceptors (Lipinski definition) is 5. The third-order valence-corrected chi connectivity index (χ3v) is 2.49. The van der Waals surface area contributed by atoms with Gasteiger partial charge in [0.1, 0.15) is 6.54 Å². The first-order valence-corrected chi connectivity index (χ1v) is 6.77. The standard InChI is InChI=1S/C14H19N3O5/c1-10(2)7-15-14(21)16-11(18)9-22-13(20)8-17-6-4-3-5-12(17)19/h3-6,10H,7-9H2,1-2H3,(H2,15,16,18,21). The molecule has 0 aliphatic rings. The molecule has 1 rings (SSSR count). The molecule has 120 valence electrons.